The molecule has 2 aromatic rings. The topological polar surface area (TPSA) is 66.7 Å². The fourth-order valence-corrected chi connectivity index (χ4v) is 3.97. The number of benzene rings is 1. The van der Waals surface area contributed by atoms with Gasteiger partial charge in [0.2, 0.25) is 5.91 Å². The van der Waals surface area contributed by atoms with Crippen LogP contribution in [-0.2, 0) is 4.79 Å². The van der Waals surface area contributed by atoms with Gasteiger partial charge < -0.3 is 14.3 Å². The molecule has 8 heteroatoms. The molecule has 2 aliphatic rings. The normalized spacial score (nSPS) is 17.5. The number of amides is 2. The fraction of sp³-hybridized carbons (Fsp3) is 0.450. The second-order valence-corrected chi connectivity index (χ2v) is 7.71. The van der Waals surface area contributed by atoms with Gasteiger partial charge >= 0.3 is 0 Å². The van der Waals surface area contributed by atoms with Crippen molar-refractivity contribution in [2.45, 2.75) is 26.2 Å². The second-order valence-electron chi connectivity index (χ2n) is 7.30. The summed E-state index contributed by atoms with van der Waals surface area (Å²) in [6.07, 6.45) is 3.04. The highest BCUT2D eigenvalue weighted by atomic mass is 35.5. The summed E-state index contributed by atoms with van der Waals surface area (Å²) in [6.45, 7) is 3.47. The van der Waals surface area contributed by atoms with E-state index in [9.17, 15) is 14.0 Å². The van der Waals surface area contributed by atoms with Crippen molar-refractivity contribution in [1.29, 1.82) is 0 Å². The summed E-state index contributed by atoms with van der Waals surface area (Å²) in [6, 6.07) is 4.31. The molecule has 0 unspecified atom stereocenters. The Labute approximate surface area is 167 Å². The zero-order valence-corrected chi connectivity index (χ0v) is 16.3. The molecule has 0 spiro atoms. The predicted molar refractivity (Wildman–Crippen MR) is 101 cm³/mol. The van der Waals surface area contributed by atoms with Crippen molar-refractivity contribution in [2.75, 3.05) is 26.2 Å². The molecule has 2 fully saturated rings. The van der Waals surface area contributed by atoms with E-state index in [1.54, 1.807) is 17.9 Å². The minimum absolute atomic E-state index is 0.0585. The highest BCUT2D eigenvalue weighted by molar-refractivity contribution is 6.33. The van der Waals surface area contributed by atoms with E-state index >= 15 is 0 Å². The van der Waals surface area contributed by atoms with E-state index in [4.69, 9.17) is 16.1 Å². The average molecular weight is 406 g/mol. The van der Waals surface area contributed by atoms with Crippen molar-refractivity contribution in [2.24, 2.45) is 5.92 Å². The van der Waals surface area contributed by atoms with Crippen molar-refractivity contribution in [3.63, 3.8) is 0 Å². The fourth-order valence-electron chi connectivity index (χ4n) is 3.72. The van der Waals surface area contributed by atoms with E-state index in [1.807, 2.05) is 4.90 Å². The molecule has 2 amide bonds. The maximum absolute atomic E-state index is 14.4. The monoisotopic (exact) mass is 405 g/mol. The van der Waals surface area contributed by atoms with Crippen molar-refractivity contribution in [1.82, 2.24) is 15.0 Å². The van der Waals surface area contributed by atoms with Gasteiger partial charge in [-0.2, -0.15) is 0 Å². The first-order valence-electron chi connectivity index (χ1n) is 9.46. The van der Waals surface area contributed by atoms with Crippen molar-refractivity contribution < 1.29 is 18.5 Å². The van der Waals surface area contributed by atoms with Crippen LogP contribution >= 0.6 is 11.6 Å². The summed E-state index contributed by atoms with van der Waals surface area (Å²) in [4.78, 5) is 29.0. The zero-order valence-electron chi connectivity index (χ0n) is 15.6. The largest absolute Gasteiger partial charge is 0.360 e. The van der Waals surface area contributed by atoms with Gasteiger partial charge in [-0.15, -0.1) is 0 Å². The number of aromatic nitrogens is 1. The van der Waals surface area contributed by atoms with E-state index in [2.05, 4.69) is 5.16 Å². The number of aryl methyl sites for hydroxylation is 1. The Bertz CT molecular complexity index is 897. The molecule has 28 heavy (non-hydrogen) atoms. The molecule has 0 atom stereocenters. The maximum Gasteiger partial charge on any atom is 0.259 e. The van der Waals surface area contributed by atoms with Gasteiger partial charge in [0, 0.05) is 32.1 Å². The molecule has 1 aliphatic carbocycles. The summed E-state index contributed by atoms with van der Waals surface area (Å²) in [5.74, 6) is -0.197. The lowest BCUT2D eigenvalue weighted by molar-refractivity contribution is -0.139. The average Bonchev–Trinajstić information content (AvgIpc) is 3.01. The van der Waals surface area contributed by atoms with Gasteiger partial charge in [0.1, 0.15) is 22.8 Å². The molecule has 0 N–H and O–H groups in total. The summed E-state index contributed by atoms with van der Waals surface area (Å²) in [5.41, 5.74) is 0.382. The molecule has 2 heterocycles. The third-order valence-electron chi connectivity index (χ3n) is 5.61. The Kier molecular flexibility index (Phi) is 5.10. The first-order chi connectivity index (χ1) is 13.5. The van der Waals surface area contributed by atoms with Crippen LogP contribution in [0.5, 0.6) is 0 Å². The van der Waals surface area contributed by atoms with Gasteiger partial charge in [0.25, 0.3) is 5.91 Å². The van der Waals surface area contributed by atoms with Gasteiger partial charge in [0.05, 0.1) is 10.6 Å². The van der Waals surface area contributed by atoms with E-state index in [0.717, 1.165) is 19.3 Å². The highest BCUT2D eigenvalue weighted by Gasteiger charge is 2.34. The first-order valence-corrected chi connectivity index (χ1v) is 9.84. The van der Waals surface area contributed by atoms with Gasteiger partial charge in [-0.3, -0.25) is 9.59 Å². The summed E-state index contributed by atoms with van der Waals surface area (Å²) < 4.78 is 19.5. The number of carbonyl (C=O) groups is 2. The van der Waals surface area contributed by atoms with Gasteiger partial charge in [-0.25, -0.2) is 4.39 Å². The number of nitrogens with zero attached hydrogens (tertiary/aromatic N) is 3. The highest BCUT2D eigenvalue weighted by Crippen LogP contribution is 2.34. The van der Waals surface area contributed by atoms with Crippen LogP contribution in [0.25, 0.3) is 11.3 Å². The third-order valence-corrected chi connectivity index (χ3v) is 5.92. The second kappa shape index (κ2) is 7.54. The smallest absolute Gasteiger partial charge is 0.259 e. The standard InChI is InChI=1S/C20H21ClFN3O3/c1-12-16(18(23-28-12)17-14(21)6-3-7-15(17)22)20(27)25-10-8-24(9-11-25)19(26)13-4-2-5-13/h3,6-7,13H,2,4-5,8-11H2,1H3. The number of hydrogen-bond acceptors (Lipinski definition) is 4. The number of carbonyl (C=O) groups excluding carboxylic acids is 2. The Morgan fingerprint density at radius 1 is 1.18 bits per heavy atom. The van der Waals surface area contributed by atoms with Crippen molar-refractivity contribution in [3.8, 4) is 11.3 Å². The SMILES string of the molecule is Cc1onc(-c2c(F)cccc2Cl)c1C(=O)N1CCN(C(=O)C2CCC2)CC1. The zero-order chi connectivity index (χ0) is 19.8. The first kappa shape index (κ1) is 18.9. The molecule has 148 valence electrons. The van der Waals surface area contributed by atoms with Crippen LogP contribution in [0.4, 0.5) is 4.39 Å². The van der Waals surface area contributed by atoms with Crippen LogP contribution in [0.2, 0.25) is 5.02 Å². The number of rotatable bonds is 3. The minimum Gasteiger partial charge on any atom is -0.360 e. The molecule has 4 rings (SSSR count). The molecule has 1 aromatic carbocycles. The molecular formula is C20H21ClFN3O3. The van der Waals surface area contributed by atoms with Crippen LogP contribution < -0.4 is 0 Å². The van der Waals surface area contributed by atoms with Crippen LogP contribution in [0.1, 0.15) is 35.4 Å². The van der Waals surface area contributed by atoms with Crippen LogP contribution in [0.3, 0.4) is 0 Å². The summed E-state index contributed by atoms with van der Waals surface area (Å²) in [7, 11) is 0. The number of hydrogen-bond donors (Lipinski definition) is 0. The summed E-state index contributed by atoms with van der Waals surface area (Å²) in [5, 5.41) is 4.06. The lowest BCUT2D eigenvalue weighted by atomic mass is 9.84. The molecule has 0 radical (unpaired) electrons. The molecule has 1 aliphatic heterocycles. The van der Waals surface area contributed by atoms with Gasteiger partial charge in [0.15, 0.2) is 0 Å². The quantitative estimate of drug-likeness (QED) is 0.783. The van der Waals surface area contributed by atoms with Crippen LogP contribution in [-0.4, -0.2) is 52.9 Å². The van der Waals surface area contributed by atoms with Crippen molar-refractivity contribution in [3.05, 3.63) is 40.4 Å². The molecule has 6 nitrogen and oxygen atoms in total. The van der Waals surface area contributed by atoms with Gasteiger partial charge in [-0.05, 0) is 31.9 Å². The Morgan fingerprint density at radius 2 is 1.86 bits per heavy atom. The number of halogens is 2. The molecule has 1 saturated carbocycles. The molecular weight excluding hydrogens is 385 g/mol. The Hall–Kier alpha value is -2.41. The van der Waals surface area contributed by atoms with E-state index < -0.39 is 5.82 Å². The van der Waals surface area contributed by atoms with Gasteiger partial charge in [-0.1, -0.05) is 29.2 Å². The lowest BCUT2D eigenvalue weighted by Crippen LogP contribution is -2.52. The Morgan fingerprint density at radius 3 is 2.46 bits per heavy atom. The van der Waals surface area contributed by atoms with E-state index in [0.29, 0.717) is 31.9 Å². The van der Waals surface area contributed by atoms with Crippen molar-refractivity contribution >= 4 is 23.4 Å². The van der Waals surface area contributed by atoms with E-state index in [-0.39, 0.29) is 39.6 Å². The summed E-state index contributed by atoms with van der Waals surface area (Å²) >= 11 is 6.15. The third kappa shape index (κ3) is 3.28. The Balaban J connectivity index is 1.53. The molecule has 1 aromatic heterocycles. The molecule has 0 bridgehead atoms. The maximum atomic E-state index is 14.4. The van der Waals surface area contributed by atoms with Crippen LogP contribution in [0, 0.1) is 18.7 Å². The molecule has 1 saturated heterocycles. The minimum atomic E-state index is -0.564. The van der Waals surface area contributed by atoms with E-state index in [1.165, 1.54) is 12.1 Å². The predicted octanol–water partition coefficient (Wildman–Crippen LogP) is 3.53. The van der Waals surface area contributed by atoms with Crippen LogP contribution in [0.15, 0.2) is 22.7 Å². The number of piperazine rings is 1. The lowest BCUT2D eigenvalue weighted by Gasteiger charge is -2.38.